The summed E-state index contributed by atoms with van der Waals surface area (Å²) in [5, 5.41) is 3.74. The molecule has 1 aromatic heterocycles. The fourth-order valence-electron chi connectivity index (χ4n) is 1.34. The lowest BCUT2D eigenvalue weighted by molar-refractivity contribution is 0.379. The van der Waals surface area contributed by atoms with Crippen molar-refractivity contribution < 1.29 is 4.74 Å². The summed E-state index contributed by atoms with van der Waals surface area (Å²) in [6.07, 6.45) is 0. The number of halogens is 2. The molecule has 0 saturated carbocycles. The zero-order chi connectivity index (χ0) is 13.1. The van der Waals surface area contributed by atoms with E-state index in [1.165, 1.54) is 7.11 Å². The van der Waals surface area contributed by atoms with Gasteiger partial charge in [-0.3, -0.25) is 0 Å². The van der Waals surface area contributed by atoms with Crippen LogP contribution in [0.5, 0.6) is 6.01 Å². The zero-order valence-electron chi connectivity index (χ0n) is 9.74. The van der Waals surface area contributed by atoms with Gasteiger partial charge < -0.3 is 10.1 Å². The van der Waals surface area contributed by atoms with Gasteiger partial charge in [-0.05, 0) is 36.2 Å². The average Bonchev–Trinajstić information content (AvgIpc) is 2.34. The summed E-state index contributed by atoms with van der Waals surface area (Å²) in [6.45, 7) is 1.89. The molecule has 1 N–H and O–H groups in total. The maximum Gasteiger partial charge on any atom is 0.322 e. The van der Waals surface area contributed by atoms with Crippen LogP contribution in [0.25, 0.3) is 0 Å². The van der Waals surface area contributed by atoms with E-state index in [9.17, 15) is 0 Å². The minimum atomic E-state index is 0.0593. The number of rotatable bonds is 3. The van der Waals surface area contributed by atoms with Crippen molar-refractivity contribution in [2.24, 2.45) is 0 Å². The molecule has 2 rings (SSSR count). The highest BCUT2D eigenvalue weighted by Gasteiger charge is 2.07. The highest BCUT2D eigenvalue weighted by atomic mass is 35.5. The molecular weight excluding hydrogens is 275 g/mol. The van der Waals surface area contributed by atoms with Crippen LogP contribution >= 0.6 is 23.2 Å². The molecule has 0 spiro atoms. The number of methoxy groups -OCH3 is 1. The Morgan fingerprint density at radius 3 is 2.67 bits per heavy atom. The van der Waals surface area contributed by atoms with Crippen molar-refractivity contribution in [1.29, 1.82) is 0 Å². The molecule has 0 aliphatic rings. The molecule has 5 nitrogen and oxygen atoms in total. The van der Waals surface area contributed by atoms with Crippen LogP contribution in [-0.2, 0) is 0 Å². The Labute approximate surface area is 114 Å². The molecule has 1 aromatic carbocycles. The van der Waals surface area contributed by atoms with Crippen LogP contribution < -0.4 is 10.1 Å². The van der Waals surface area contributed by atoms with E-state index in [1.807, 2.05) is 25.1 Å². The van der Waals surface area contributed by atoms with Crippen molar-refractivity contribution in [1.82, 2.24) is 15.0 Å². The van der Waals surface area contributed by atoms with E-state index in [0.29, 0.717) is 11.0 Å². The van der Waals surface area contributed by atoms with Crippen LogP contribution in [0.3, 0.4) is 0 Å². The smallest absolute Gasteiger partial charge is 0.322 e. The van der Waals surface area contributed by atoms with Crippen molar-refractivity contribution in [2.45, 2.75) is 6.92 Å². The number of nitrogens with one attached hydrogen (secondary N) is 1. The first-order valence-corrected chi connectivity index (χ1v) is 5.83. The second kappa shape index (κ2) is 5.37. The van der Waals surface area contributed by atoms with Gasteiger partial charge in [-0.15, -0.1) is 0 Å². The number of benzene rings is 1. The van der Waals surface area contributed by atoms with Gasteiger partial charge in [0.05, 0.1) is 7.11 Å². The van der Waals surface area contributed by atoms with Crippen LogP contribution in [0, 0.1) is 6.92 Å². The number of hydrogen-bond donors (Lipinski definition) is 1. The van der Waals surface area contributed by atoms with Crippen molar-refractivity contribution in [2.75, 3.05) is 12.4 Å². The minimum absolute atomic E-state index is 0.0593. The molecule has 1 heterocycles. The summed E-state index contributed by atoms with van der Waals surface area (Å²) < 4.78 is 4.91. The Kier molecular flexibility index (Phi) is 3.84. The summed E-state index contributed by atoms with van der Waals surface area (Å²) in [4.78, 5) is 11.8. The second-order valence-corrected chi connectivity index (χ2v) is 4.20. The van der Waals surface area contributed by atoms with Gasteiger partial charge >= 0.3 is 6.01 Å². The molecule has 0 atom stereocenters. The number of aromatic nitrogens is 3. The average molecular weight is 285 g/mol. The first-order chi connectivity index (χ1) is 8.60. The topological polar surface area (TPSA) is 59.9 Å². The van der Waals surface area contributed by atoms with Gasteiger partial charge in [0, 0.05) is 10.7 Å². The summed E-state index contributed by atoms with van der Waals surface area (Å²) in [7, 11) is 1.46. The molecule has 0 saturated heterocycles. The summed E-state index contributed by atoms with van der Waals surface area (Å²) in [6, 6.07) is 5.66. The van der Waals surface area contributed by atoms with Gasteiger partial charge in [0.15, 0.2) is 0 Å². The molecular formula is C11H10Cl2N4O. The minimum Gasteiger partial charge on any atom is -0.467 e. The fraction of sp³-hybridized carbons (Fsp3) is 0.182. The molecule has 7 heteroatoms. The Morgan fingerprint density at radius 2 is 1.94 bits per heavy atom. The monoisotopic (exact) mass is 284 g/mol. The van der Waals surface area contributed by atoms with E-state index >= 15 is 0 Å². The molecule has 0 aliphatic carbocycles. The quantitative estimate of drug-likeness (QED) is 0.938. The molecule has 0 radical (unpaired) electrons. The second-order valence-electron chi connectivity index (χ2n) is 3.45. The highest BCUT2D eigenvalue weighted by Crippen LogP contribution is 2.25. The van der Waals surface area contributed by atoms with Crippen LogP contribution in [0.2, 0.25) is 10.3 Å². The van der Waals surface area contributed by atoms with Crippen molar-refractivity contribution in [3.05, 3.63) is 34.1 Å². The highest BCUT2D eigenvalue weighted by molar-refractivity contribution is 6.31. The molecule has 0 fully saturated rings. The van der Waals surface area contributed by atoms with Gasteiger partial charge in [-0.2, -0.15) is 15.0 Å². The Morgan fingerprint density at radius 1 is 1.17 bits per heavy atom. The van der Waals surface area contributed by atoms with Crippen LogP contribution in [0.15, 0.2) is 18.2 Å². The van der Waals surface area contributed by atoms with Gasteiger partial charge in [-0.1, -0.05) is 17.7 Å². The van der Waals surface area contributed by atoms with E-state index in [4.69, 9.17) is 27.9 Å². The molecule has 0 aliphatic heterocycles. The largest absolute Gasteiger partial charge is 0.467 e. The zero-order valence-corrected chi connectivity index (χ0v) is 11.2. The summed E-state index contributed by atoms with van der Waals surface area (Å²) in [5.74, 6) is 0.303. The van der Waals surface area contributed by atoms with Gasteiger partial charge in [-0.25, -0.2) is 0 Å². The maximum absolute atomic E-state index is 6.03. The normalized spacial score (nSPS) is 10.2. The lowest BCUT2D eigenvalue weighted by atomic mass is 10.2. The predicted molar refractivity (Wildman–Crippen MR) is 70.9 cm³/mol. The van der Waals surface area contributed by atoms with E-state index < -0.39 is 0 Å². The molecule has 0 unspecified atom stereocenters. The lowest BCUT2D eigenvalue weighted by Crippen LogP contribution is -2.02. The first kappa shape index (κ1) is 12.9. The van der Waals surface area contributed by atoms with Crippen LogP contribution in [0.1, 0.15) is 5.56 Å². The SMILES string of the molecule is COc1nc(Cl)nc(Nc2cccc(Cl)c2C)n1. The van der Waals surface area contributed by atoms with Crippen molar-refractivity contribution in [3.8, 4) is 6.01 Å². The summed E-state index contributed by atoms with van der Waals surface area (Å²) >= 11 is 11.8. The standard InChI is InChI=1S/C11H10Cl2N4O/c1-6-7(12)4-3-5-8(6)14-10-15-9(13)16-11(17-10)18-2/h3-5H,1-2H3,(H,14,15,16,17). The number of ether oxygens (including phenoxy) is 1. The van der Waals surface area contributed by atoms with Gasteiger partial charge in [0.1, 0.15) is 0 Å². The molecule has 2 aromatic rings. The lowest BCUT2D eigenvalue weighted by Gasteiger charge is -2.09. The number of hydrogen-bond acceptors (Lipinski definition) is 5. The van der Waals surface area contributed by atoms with Crippen molar-refractivity contribution >= 4 is 34.8 Å². The van der Waals surface area contributed by atoms with Gasteiger partial charge in [0.25, 0.3) is 0 Å². The third kappa shape index (κ3) is 2.80. The summed E-state index contributed by atoms with van der Waals surface area (Å²) in [5.41, 5.74) is 1.70. The molecule has 0 bridgehead atoms. The third-order valence-electron chi connectivity index (χ3n) is 2.28. The molecule has 94 valence electrons. The van der Waals surface area contributed by atoms with E-state index in [2.05, 4.69) is 20.3 Å². The Bertz CT molecular complexity index is 577. The third-order valence-corrected chi connectivity index (χ3v) is 2.86. The number of anilines is 2. The molecule has 18 heavy (non-hydrogen) atoms. The van der Waals surface area contributed by atoms with E-state index in [-0.39, 0.29) is 11.3 Å². The van der Waals surface area contributed by atoms with Gasteiger partial charge in [0.2, 0.25) is 11.2 Å². The van der Waals surface area contributed by atoms with E-state index in [0.717, 1.165) is 11.3 Å². The number of nitrogens with zero attached hydrogens (tertiary/aromatic N) is 3. The fourth-order valence-corrected chi connectivity index (χ4v) is 1.67. The predicted octanol–water partition coefficient (Wildman–Crippen LogP) is 3.24. The van der Waals surface area contributed by atoms with E-state index in [1.54, 1.807) is 0 Å². The Balaban J connectivity index is 2.34. The first-order valence-electron chi connectivity index (χ1n) is 5.08. The van der Waals surface area contributed by atoms with Crippen LogP contribution in [0.4, 0.5) is 11.6 Å². The molecule has 0 amide bonds. The Hall–Kier alpha value is -1.59. The van der Waals surface area contributed by atoms with Crippen molar-refractivity contribution in [3.63, 3.8) is 0 Å². The van der Waals surface area contributed by atoms with Crippen LogP contribution in [-0.4, -0.2) is 22.1 Å². The maximum atomic E-state index is 6.03.